The Morgan fingerprint density at radius 2 is 2.04 bits per heavy atom. The zero-order valence-corrected chi connectivity index (χ0v) is 13.8. The monoisotopic (exact) mass is 315 g/mol. The molecule has 0 aromatic heterocycles. The third-order valence-electron chi connectivity index (χ3n) is 6.07. The first-order valence-corrected chi connectivity index (χ1v) is 8.79. The molecule has 0 spiro atoms. The maximum absolute atomic E-state index is 13.0. The molecule has 2 bridgehead atoms. The van der Waals surface area contributed by atoms with Gasteiger partial charge in [-0.15, -0.1) is 0 Å². The number of fused-ring (bicyclic) bond motifs is 3. The Morgan fingerprint density at radius 1 is 1.26 bits per heavy atom. The molecule has 0 N–H and O–H groups in total. The SMILES string of the molecule is COc1cccc(C2(C(=O)OC3CN4CCC3CC4)CCC2)c1. The molecule has 1 aromatic rings. The number of ether oxygens (including phenoxy) is 2. The van der Waals surface area contributed by atoms with E-state index in [2.05, 4.69) is 4.90 Å². The molecule has 4 fully saturated rings. The van der Waals surface area contributed by atoms with Crippen molar-refractivity contribution in [3.63, 3.8) is 0 Å². The van der Waals surface area contributed by atoms with Crippen molar-refractivity contribution < 1.29 is 14.3 Å². The third kappa shape index (κ3) is 2.53. The molecule has 4 aliphatic rings. The van der Waals surface area contributed by atoms with E-state index in [9.17, 15) is 4.79 Å². The number of nitrogens with zero attached hydrogens (tertiary/aromatic N) is 1. The number of carbonyl (C=O) groups excluding carboxylic acids is 1. The highest BCUT2D eigenvalue weighted by Gasteiger charge is 2.49. The zero-order chi connectivity index (χ0) is 15.9. The predicted molar refractivity (Wildman–Crippen MR) is 87.6 cm³/mol. The van der Waals surface area contributed by atoms with Gasteiger partial charge in [0.05, 0.1) is 12.5 Å². The van der Waals surface area contributed by atoms with Gasteiger partial charge in [-0.05, 0) is 62.4 Å². The van der Waals surface area contributed by atoms with E-state index in [1.807, 2.05) is 24.3 Å². The van der Waals surface area contributed by atoms with Crippen LogP contribution in [0.5, 0.6) is 5.75 Å². The third-order valence-corrected chi connectivity index (χ3v) is 6.07. The molecule has 5 rings (SSSR count). The summed E-state index contributed by atoms with van der Waals surface area (Å²) < 4.78 is 11.4. The summed E-state index contributed by atoms with van der Waals surface area (Å²) in [6.07, 6.45) is 5.30. The molecule has 4 heteroatoms. The van der Waals surface area contributed by atoms with Crippen molar-refractivity contribution in [1.29, 1.82) is 0 Å². The van der Waals surface area contributed by atoms with E-state index < -0.39 is 5.41 Å². The number of rotatable bonds is 4. The average molecular weight is 315 g/mol. The van der Waals surface area contributed by atoms with Crippen LogP contribution in [-0.4, -0.2) is 43.7 Å². The van der Waals surface area contributed by atoms with Crippen molar-refractivity contribution in [2.45, 2.75) is 43.6 Å². The van der Waals surface area contributed by atoms with Crippen LogP contribution in [0, 0.1) is 5.92 Å². The fraction of sp³-hybridized carbons (Fsp3) is 0.632. The number of esters is 1. The second-order valence-electron chi connectivity index (χ2n) is 7.25. The average Bonchev–Trinajstić information content (AvgIpc) is 2.55. The lowest BCUT2D eigenvalue weighted by Crippen LogP contribution is -2.54. The van der Waals surface area contributed by atoms with Crippen molar-refractivity contribution >= 4 is 5.97 Å². The molecule has 124 valence electrons. The van der Waals surface area contributed by atoms with Gasteiger partial charge in [-0.3, -0.25) is 9.69 Å². The highest BCUT2D eigenvalue weighted by Crippen LogP contribution is 2.46. The summed E-state index contributed by atoms with van der Waals surface area (Å²) in [6.45, 7) is 3.25. The van der Waals surface area contributed by atoms with Gasteiger partial charge in [0.25, 0.3) is 0 Å². The van der Waals surface area contributed by atoms with Gasteiger partial charge in [-0.2, -0.15) is 0 Å². The highest BCUT2D eigenvalue weighted by atomic mass is 16.5. The van der Waals surface area contributed by atoms with Crippen LogP contribution in [0.25, 0.3) is 0 Å². The normalized spacial score (nSPS) is 31.3. The fourth-order valence-electron chi connectivity index (χ4n) is 4.36. The molecule has 3 aliphatic heterocycles. The molecule has 4 nitrogen and oxygen atoms in total. The van der Waals surface area contributed by atoms with Crippen LogP contribution in [0.4, 0.5) is 0 Å². The first kappa shape index (κ1) is 15.0. The van der Waals surface area contributed by atoms with E-state index in [1.54, 1.807) is 7.11 Å². The number of piperidine rings is 3. The Labute approximate surface area is 137 Å². The van der Waals surface area contributed by atoms with Crippen molar-refractivity contribution in [2.24, 2.45) is 5.92 Å². The Balaban J connectivity index is 1.53. The largest absolute Gasteiger partial charge is 0.497 e. The molecule has 23 heavy (non-hydrogen) atoms. The van der Waals surface area contributed by atoms with Crippen LogP contribution in [0.2, 0.25) is 0 Å². The van der Waals surface area contributed by atoms with Crippen LogP contribution in [0.3, 0.4) is 0 Å². The summed E-state index contributed by atoms with van der Waals surface area (Å²) in [4.78, 5) is 15.4. The number of benzene rings is 1. The Morgan fingerprint density at radius 3 is 2.61 bits per heavy atom. The molecule has 1 atom stereocenters. The molecule has 1 unspecified atom stereocenters. The number of hydrogen-bond acceptors (Lipinski definition) is 4. The van der Waals surface area contributed by atoms with Gasteiger partial charge in [0.15, 0.2) is 0 Å². The second-order valence-corrected chi connectivity index (χ2v) is 7.25. The van der Waals surface area contributed by atoms with Crippen LogP contribution >= 0.6 is 0 Å². The van der Waals surface area contributed by atoms with Gasteiger partial charge in [0.2, 0.25) is 0 Å². The van der Waals surface area contributed by atoms with Crippen LogP contribution < -0.4 is 4.74 Å². The van der Waals surface area contributed by atoms with Crippen molar-refractivity contribution in [1.82, 2.24) is 4.90 Å². The highest BCUT2D eigenvalue weighted by molar-refractivity contribution is 5.84. The minimum absolute atomic E-state index is 0.0178. The van der Waals surface area contributed by atoms with Crippen molar-refractivity contribution in [2.75, 3.05) is 26.7 Å². The van der Waals surface area contributed by atoms with Crippen LogP contribution in [-0.2, 0) is 14.9 Å². The molecule has 3 saturated heterocycles. The molecular weight excluding hydrogens is 290 g/mol. The van der Waals surface area contributed by atoms with E-state index >= 15 is 0 Å². The van der Waals surface area contributed by atoms with E-state index in [-0.39, 0.29) is 12.1 Å². The molecule has 3 heterocycles. The molecule has 0 radical (unpaired) electrons. The number of hydrogen-bond donors (Lipinski definition) is 0. The van der Waals surface area contributed by atoms with E-state index in [4.69, 9.17) is 9.47 Å². The van der Waals surface area contributed by atoms with Crippen molar-refractivity contribution in [3.8, 4) is 5.75 Å². The van der Waals surface area contributed by atoms with Gasteiger partial charge >= 0.3 is 5.97 Å². The molecule has 0 amide bonds. The van der Waals surface area contributed by atoms with Crippen LogP contribution in [0.15, 0.2) is 24.3 Å². The summed E-state index contributed by atoms with van der Waals surface area (Å²) in [5.41, 5.74) is 0.606. The molecule has 1 saturated carbocycles. The maximum atomic E-state index is 13.0. The summed E-state index contributed by atoms with van der Waals surface area (Å²) in [6, 6.07) is 7.93. The van der Waals surface area contributed by atoms with E-state index in [0.29, 0.717) is 5.92 Å². The first-order chi connectivity index (χ1) is 11.2. The zero-order valence-electron chi connectivity index (χ0n) is 13.8. The Hall–Kier alpha value is -1.55. The quantitative estimate of drug-likeness (QED) is 0.801. The Kier molecular flexibility index (Phi) is 3.80. The topological polar surface area (TPSA) is 38.8 Å². The lowest BCUT2D eigenvalue weighted by Gasteiger charge is -2.46. The first-order valence-electron chi connectivity index (χ1n) is 8.79. The lowest BCUT2D eigenvalue weighted by atomic mass is 9.64. The molecule has 1 aliphatic carbocycles. The number of carbonyl (C=O) groups is 1. The molecule has 1 aromatic carbocycles. The van der Waals surface area contributed by atoms with Crippen molar-refractivity contribution in [3.05, 3.63) is 29.8 Å². The van der Waals surface area contributed by atoms with Gasteiger partial charge in [-0.25, -0.2) is 0 Å². The summed E-state index contributed by atoms with van der Waals surface area (Å²) in [7, 11) is 1.66. The molecular formula is C19H25NO3. The minimum Gasteiger partial charge on any atom is -0.497 e. The summed E-state index contributed by atoms with van der Waals surface area (Å²) >= 11 is 0. The standard InChI is InChI=1S/C19H25NO3/c1-22-16-5-2-4-15(12-16)19(8-3-9-19)18(21)23-17-13-20-10-6-14(17)7-11-20/h2,4-5,12,14,17H,3,6-11,13H2,1H3. The number of methoxy groups -OCH3 is 1. The van der Waals surface area contributed by atoms with Gasteiger partial charge in [0, 0.05) is 6.54 Å². The van der Waals surface area contributed by atoms with Crippen LogP contribution in [0.1, 0.15) is 37.7 Å². The maximum Gasteiger partial charge on any atom is 0.316 e. The fourth-order valence-corrected chi connectivity index (χ4v) is 4.36. The predicted octanol–water partition coefficient (Wildman–Crippen LogP) is 2.75. The van der Waals surface area contributed by atoms with E-state index in [1.165, 1.54) is 25.9 Å². The second kappa shape index (κ2) is 5.82. The van der Waals surface area contributed by atoms with Gasteiger partial charge in [-0.1, -0.05) is 18.6 Å². The van der Waals surface area contributed by atoms with Gasteiger partial charge < -0.3 is 9.47 Å². The van der Waals surface area contributed by atoms with E-state index in [0.717, 1.165) is 37.1 Å². The lowest BCUT2D eigenvalue weighted by molar-refractivity contribution is -0.169. The minimum atomic E-state index is -0.444. The Bertz CT molecular complexity index is 588. The smallest absolute Gasteiger partial charge is 0.316 e. The summed E-state index contributed by atoms with van der Waals surface area (Å²) in [5, 5.41) is 0. The summed E-state index contributed by atoms with van der Waals surface area (Å²) in [5.74, 6) is 1.35. The van der Waals surface area contributed by atoms with Gasteiger partial charge in [0.1, 0.15) is 11.9 Å².